The number of H-pyrrole nitrogens is 1. The quantitative estimate of drug-likeness (QED) is 0.667. The molecule has 0 radical (unpaired) electrons. The fourth-order valence-corrected chi connectivity index (χ4v) is 2.89. The van der Waals surface area contributed by atoms with Gasteiger partial charge in [0.05, 0.1) is 11.1 Å². The normalized spacial score (nSPS) is 10.8. The number of nitrogens with zero attached hydrogens (tertiary/aromatic N) is 1. The molecule has 0 amide bonds. The number of hydrogen-bond donors (Lipinski definition) is 3. The number of aromatic amines is 1. The molecule has 2 heterocycles. The largest absolute Gasteiger partial charge is 0.478 e. The molecule has 0 atom stereocenters. The lowest BCUT2D eigenvalue weighted by molar-refractivity contribution is 0.0697. The summed E-state index contributed by atoms with van der Waals surface area (Å²) in [6.45, 7) is 0. The number of anilines is 1. The minimum atomic E-state index is -0.992. The SMILES string of the molecule is Nc1nc2cc(-c3cccc(C(=O)O)c3)sc2c(=O)[nH]1. The fraction of sp³-hybridized carbons (Fsp3) is 0. The van der Waals surface area contributed by atoms with E-state index in [1.807, 2.05) is 0 Å². The second-order valence-corrected chi connectivity index (χ2v) is 5.21. The molecule has 4 N–H and O–H groups in total. The van der Waals surface area contributed by atoms with Gasteiger partial charge in [-0.05, 0) is 23.8 Å². The van der Waals surface area contributed by atoms with Crippen LogP contribution in [-0.2, 0) is 0 Å². The van der Waals surface area contributed by atoms with Crippen molar-refractivity contribution >= 4 is 33.5 Å². The van der Waals surface area contributed by atoms with Crippen LogP contribution in [-0.4, -0.2) is 21.0 Å². The van der Waals surface area contributed by atoms with Crippen LogP contribution in [0.3, 0.4) is 0 Å². The first kappa shape index (κ1) is 12.4. The maximum atomic E-state index is 11.8. The molecule has 0 aliphatic heterocycles. The number of nitrogens with two attached hydrogens (primary N) is 1. The first-order valence-electron chi connectivity index (χ1n) is 5.67. The summed E-state index contributed by atoms with van der Waals surface area (Å²) in [6.07, 6.45) is 0. The minimum Gasteiger partial charge on any atom is -0.478 e. The van der Waals surface area contributed by atoms with Crippen LogP contribution in [0.25, 0.3) is 20.7 Å². The Labute approximate surface area is 116 Å². The molecule has 100 valence electrons. The predicted octanol–water partition coefficient (Wildman–Crippen LogP) is 1.93. The zero-order valence-corrected chi connectivity index (χ0v) is 10.9. The van der Waals surface area contributed by atoms with Gasteiger partial charge in [-0.25, -0.2) is 9.78 Å². The number of benzene rings is 1. The van der Waals surface area contributed by atoms with Crippen molar-refractivity contribution in [3.8, 4) is 10.4 Å². The van der Waals surface area contributed by atoms with Gasteiger partial charge < -0.3 is 10.8 Å². The lowest BCUT2D eigenvalue weighted by atomic mass is 10.1. The number of nitrogen functional groups attached to an aromatic ring is 1. The van der Waals surface area contributed by atoms with Crippen LogP contribution < -0.4 is 11.3 Å². The van der Waals surface area contributed by atoms with E-state index in [9.17, 15) is 9.59 Å². The molecule has 3 rings (SSSR count). The standard InChI is InChI=1S/C13H9N3O3S/c14-13-15-8-5-9(20-10(8)11(17)16-13)6-2-1-3-7(4-6)12(18)19/h1-5H,(H,18,19)(H3,14,15,16,17). The van der Waals surface area contributed by atoms with Crippen LogP contribution in [0.15, 0.2) is 35.1 Å². The molecular formula is C13H9N3O3S. The fourth-order valence-electron chi connectivity index (χ4n) is 1.91. The number of thiophene rings is 1. The van der Waals surface area contributed by atoms with Crippen LogP contribution in [0.1, 0.15) is 10.4 Å². The van der Waals surface area contributed by atoms with E-state index in [1.54, 1.807) is 24.3 Å². The molecule has 1 aromatic carbocycles. The highest BCUT2D eigenvalue weighted by atomic mass is 32.1. The minimum absolute atomic E-state index is 0.0612. The third-order valence-corrected chi connectivity index (χ3v) is 3.97. The monoisotopic (exact) mass is 287 g/mol. The number of fused-ring (bicyclic) bond motifs is 1. The maximum Gasteiger partial charge on any atom is 0.335 e. The number of rotatable bonds is 2. The van der Waals surface area contributed by atoms with E-state index in [0.29, 0.717) is 10.2 Å². The van der Waals surface area contributed by atoms with Crippen LogP contribution in [0.4, 0.5) is 5.95 Å². The van der Waals surface area contributed by atoms with E-state index in [0.717, 1.165) is 10.4 Å². The second kappa shape index (κ2) is 4.46. The Balaban J connectivity index is 2.20. The van der Waals surface area contributed by atoms with Gasteiger partial charge in [0, 0.05) is 4.88 Å². The molecule has 3 aromatic rings. The van der Waals surface area contributed by atoms with Crippen LogP contribution in [0.2, 0.25) is 0 Å². The van der Waals surface area contributed by atoms with Gasteiger partial charge in [-0.3, -0.25) is 9.78 Å². The average molecular weight is 287 g/mol. The zero-order chi connectivity index (χ0) is 14.3. The Hall–Kier alpha value is -2.67. The van der Waals surface area contributed by atoms with Gasteiger partial charge in [-0.2, -0.15) is 0 Å². The van der Waals surface area contributed by atoms with Crippen molar-refractivity contribution in [1.29, 1.82) is 0 Å². The molecule has 20 heavy (non-hydrogen) atoms. The Kier molecular flexibility index (Phi) is 2.76. The Bertz CT molecular complexity index is 882. The topological polar surface area (TPSA) is 109 Å². The number of nitrogens with one attached hydrogen (secondary N) is 1. The van der Waals surface area contributed by atoms with E-state index in [1.165, 1.54) is 17.4 Å². The maximum absolute atomic E-state index is 11.8. The van der Waals surface area contributed by atoms with Gasteiger partial charge in [0.15, 0.2) is 0 Å². The number of aromatic nitrogens is 2. The highest BCUT2D eigenvalue weighted by molar-refractivity contribution is 7.22. The summed E-state index contributed by atoms with van der Waals surface area (Å²) >= 11 is 1.25. The van der Waals surface area contributed by atoms with Crippen LogP contribution in [0, 0.1) is 0 Å². The van der Waals surface area contributed by atoms with E-state index in [2.05, 4.69) is 9.97 Å². The van der Waals surface area contributed by atoms with Gasteiger partial charge in [0.2, 0.25) is 5.95 Å². The van der Waals surface area contributed by atoms with E-state index in [-0.39, 0.29) is 17.1 Å². The molecule has 0 saturated carbocycles. The lowest BCUT2D eigenvalue weighted by Crippen LogP contribution is -2.09. The molecule has 7 heteroatoms. The van der Waals surface area contributed by atoms with Crippen molar-refractivity contribution in [1.82, 2.24) is 9.97 Å². The molecular weight excluding hydrogens is 278 g/mol. The van der Waals surface area contributed by atoms with E-state index < -0.39 is 5.97 Å². The molecule has 2 aromatic heterocycles. The zero-order valence-electron chi connectivity index (χ0n) is 10.1. The van der Waals surface area contributed by atoms with Crippen molar-refractivity contribution in [2.75, 3.05) is 5.73 Å². The third kappa shape index (κ3) is 2.04. The summed E-state index contributed by atoms with van der Waals surface area (Å²) in [5.41, 5.74) is 6.63. The van der Waals surface area contributed by atoms with Gasteiger partial charge in [-0.1, -0.05) is 12.1 Å². The molecule has 0 unspecified atom stereocenters. The van der Waals surface area contributed by atoms with Crippen LogP contribution >= 0.6 is 11.3 Å². The van der Waals surface area contributed by atoms with Gasteiger partial charge >= 0.3 is 5.97 Å². The summed E-state index contributed by atoms with van der Waals surface area (Å²) in [6, 6.07) is 8.25. The lowest BCUT2D eigenvalue weighted by Gasteiger charge is -1.98. The highest BCUT2D eigenvalue weighted by Crippen LogP contribution is 2.31. The molecule has 0 fully saturated rings. The van der Waals surface area contributed by atoms with Crippen molar-refractivity contribution in [3.05, 3.63) is 46.2 Å². The van der Waals surface area contributed by atoms with Crippen LogP contribution in [0.5, 0.6) is 0 Å². The Morgan fingerprint density at radius 3 is 2.90 bits per heavy atom. The third-order valence-electron chi connectivity index (χ3n) is 2.80. The summed E-state index contributed by atoms with van der Waals surface area (Å²) in [5, 5.41) is 9.00. The summed E-state index contributed by atoms with van der Waals surface area (Å²) in [4.78, 5) is 30.0. The van der Waals surface area contributed by atoms with Crippen molar-refractivity contribution in [3.63, 3.8) is 0 Å². The Morgan fingerprint density at radius 1 is 1.35 bits per heavy atom. The first-order valence-corrected chi connectivity index (χ1v) is 6.49. The molecule has 6 nitrogen and oxygen atoms in total. The van der Waals surface area contributed by atoms with Gasteiger partial charge in [0.25, 0.3) is 5.56 Å². The summed E-state index contributed by atoms with van der Waals surface area (Å²) in [5.74, 6) is -0.931. The number of carboxylic acid groups (broad SMARTS) is 1. The average Bonchev–Trinajstić information content (AvgIpc) is 2.83. The molecule has 0 spiro atoms. The van der Waals surface area contributed by atoms with Gasteiger partial charge in [-0.15, -0.1) is 11.3 Å². The van der Waals surface area contributed by atoms with Gasteiger partial charge in [0.1, 0.15) is 4.70 Å². The van der Waals surface area contributed by atoms with Crippen molar-refractivity contribution in [2.45, 2.75) is 0 Å². The summed E-state index contributed by atoms with van der Waals surface area (Å²) < 4.78 is 0.468. The summed E-state index contributed by atoms with van der Waals surface area (Å²) in [7, 11) is 0. The number of hydrogen-bond acceptors (Lipinski definition) is 5. The van der Waals surface area contributed by atoms with Crippen molar-refractivity contribution in [2.24, 2.45) is 0 Å². The highest BCUT2D eigenvalue weighted by Gasteiger charge is 2.11. The second-order valence-electron chi connectivity index (χ2n) is 4.16. The van der Waals surface area contributed by atoms with E-state index in [4.69, 9.17) is 10.8 Å². The molecule has 0 bridgehead atoms. The number of carboxylic acids is 1. The van der Waals surface area contributed by atoms with Crippen molar-refractivity contribution < 1.29 is 9.90 Å². The predicted molar refractivity (Wildman–Crippen MR) is 77.0 cm³/mol. The van der Waals surface area contributed by atoms with E-state index >= 15 is 0 Å². The first-order chi connectivity index (χ1) is 9.54. The number of carbonyl (C=O) groups is 1. The number of aromatic carboxylic acids is 1. The molecule has 0 aliphatic rings. The molecule has 0 aliphatic carbocycles. The molecule has 0 saturated heterocycles. The Morgan fingerprint density at radius 2 is 2.15 bits per heavy atom. The smallest absolute Gasteiger partial charge is 0.335 e.